The molecule has 0 bridgehead atoms. The van der Waals surface area contributed by atoms with Crippen LogP contribution in [0.3, 0.4) is 0 Å². The van der Waals surface area contributed by atoms with E-state index in [4.69, 9.17) is 4.74 Å². The van der Waals surface area contributed by atoms with Crippen LogP contribution in [0.25, 0.3) is 11.4 Å². The SMILES string of the molecule is CCNc1nc(-c2ccc(CC)cc2)nc(COC)c1Br. The summed E-state index contributed by atoms with van der Waals surface area (Å²) in [6.45, 7) is 5.43. The largest absolute Gasteiger partial charge is 0.378 e. The second-order valence-electron chi connectivity index (χ2n) is 4.67. The van der Waals surface area contributed by atoms with E-state index in [1.165, 1.54) is 5.56 Å². The van der Waals surface area contributed by atoms with Crippen LogP contribution in [-0.2, 0) is 17.8 Å². The fraction of sp³-hybridized carbons (Fsp3) is 0.375. The molecule has 0 fully saturated rings. The van der Waals surface area contributed by atoms with E-state index in [1.54, 1.807) is 7.11 Å². The van der Waals surface area contributed by atoms with Crippen LogP contribution in [0.4, 0.5) is 5.82 Å². The van der Waals surface area contributed by atoms with E-state index in [0.29, 0.717) is 12.4 Å². The Kier molecular flexibility index (Phi) is 5.70. The molecule has 4 nitrogen and oxygen atoms in total. The molecule has 0 saturated heterocycles. The van der Waals surface area contributed by atoms with Gasteiger partial charge in [-0.3, -0.25) is 0 Å². The zero-order valence-electron chi connectivity index (χ0n) is 12.6. The van der Waals surface area contributed by atoms with Gasteiger partial charge in [-0.2, -0.15) is 0 Å². The summed E-state index contributed by atoms with van der Waals surface area (Å²) in [5, 5.41) is 3.25. The highest BCUT2D eigenvalue weighted by Gasteiger charge is 2.13. The van der Waals surface area contributed by atoms with E-state index >= 15 is 0 Å². The predicted octanol–water partition coefficient (Wildman–Crippen LogP) is 4.05. The van der Waals surface area contributed by atoms with Gasteiger partial charge in [0.25, 0.3) is 0 Å². The Morgan fingerprint density at radius 3 is 2.43 bits per heavy atom. The molecule has 5 heteroatoms. The second kappa shape index (κ2) is 7.52. The van der Waals surface area contributed by atoms with E-state index in [2.05, 4.69) is 62.4 Å². The Labute approximate surface area is 134 Å². The third kappa shape index (κ3) is 3.80. The smallest absolute Gasteiger partial charge is 0.161 e. The topological polar surface area (TPSA) is 47.0 Å². The van der Waals surface area contributed by atoms with Gasteiger partial charge in [0.05, 0.1) is 16.8 Å². The van der Waals surface area contributed by atoms with E-state index in [-0.39, 0.29) is 0 Å². The molecular formula is C16H20BrN3O. The van der Waals surface area contributed by atoms with Gasteiger partial charge in [0.2, 0.25) is 0 Å². The summed E-state index contributed by atoms with van der Waals surface area (Å²) in [6, 6.07) is 8.36. The highest BCUT2D eigenvalue weighted by Crippen LogP contribution is 2.27. The monoisotopic (exact) mass is 349 g/mol. The molecule has 1 heterocycles. The molecule has 112 valence electrons. The molecular weight excluding hydrogens is 330 g/mol. The molecule has 1 N–H and O–H groups in total. The zero-order valence-corrected chi connectivity index (χ0v) is 14.2. The molecule has 0 spiro atoms. The fourth-order valence-electron chi connectivity index (χ4n) is 2.03. The van der Waals surface area contributed by atoms with Crippen LogP contribution < -0.4 is 5.32 Å². The average Bonchev–Trinajstić information content (AvgIpc) is 2.51. The van der Waals surface area contributed by atoms with Crippen LogP contribution in [-0.4, -0.2) is 23.6 Å². The lowest BCUT2D eigenvalue weighted by Crippen LogP contribution is -2.06. The standard InChI is InChI=1S/C16H20BrN3O/c1-4-11-6-8-12(9-7-11)15-19-13(10-21-3)14(17)16(20-15)18-5-2/h6-9H,4-5,10H2,1-3H3,(H,18,19,20). The maximum absolute atomic E-state index is 5.22. The normalized spacial score (nSPS) is 10.7. The summed E-state index contributed by atoms with van der Waals surface area (Å²) in [4.78, 5) is 9.21. The van der Waals surface area contributed by atoms with Gasteiger partial charge in [-0.05, 0) is 34.8 Å². The Bertz CT molecular complexity index is 572. The van der Waals surface area contributed by atoms with Crippen molar-refractivity contribution < 1.29 is 4.74 Å². The van der Waals surface area contributed by atoms with Crippen LogP contribution in [0, 0.1) is 0 Å². The third-order valence-electron chi connectivity index (χ3n) is 3.17. The zero-order chi connectivity index (χ0) is 15.2. The van der Waals surface area contributed by atoms with E-state index in [0.717, 1.165) is 34.5 Å². The van der Waals surface area contributed by atoms with Crippen molar-refractivity contribution in [3.63, 3.8) is 0 Å². The second-order valence-corrected chi connectivity index (χ2v) is 5.46. The summed E-state index contributed by atoms with van der Waals surface area (Å²) in [7, 11) is 1.66. The first-order chi connectivity index (χ1) is 10.2. The van der Waals surface area contributed by atoms with E-state index in [9.17, 15) is 0 Å². The van der Waals surface area contributed by atoms with Crippen molar-refractivity contribution in [2.75, 3.05) is 19.0 Å². The number of ether oxygens (including phenoxy) is 1. The number of hydrogen-bond donors (Lipinski definition) is 1. The summed E-state index contributed by atoms with van der Waals surface area (Å²) in [5.41, 5.74) is 3.16. The van der Waals surface area contributed by atoms with Crippen molar-refractivity contribution in [3.8, 4) is 11.4 Å². The van der Waals surface area contributed by atoms with Gasteiger partial charge in [-0.25, -0.2) is 9.97 Å². The number of rotatable bonds is 6. The van der Waals surface area contributed by atoms with E-state index < -0.39 is 0 Å². The number of aromatic nitrogens is 2. The van der Waals surface area contributed by atoms with Gasteiger partial charge in [-0.15, -0.1) is 0 Å². The number of nitrogens with one attached hydrogen (secondary N) is 1. The predicted molar refractivity (Wildman–Crippen MR) is 89.4 cm³/mol. The van der Waals surface area contributed by atoms with Gasteiger partial charge in [0.15, 0.2) is 5.82 Å². The van der Waals surface area contributed by atoms with Gasteiger partial charge in [-0.1, -0.05) is 31.2 Å². The van der Waals surface area contributed by atoms with Crippen LogP contribution in [0.1, 0.15) is 25.1 Å². The molecule has 0 aliphatic heterocycles. The number of hydrogen-bond acceptors (Lipinski definition) is 4. The lowest BCUT2D eigenvalue weighted by atomic mass is 10.1. The number of nitrogens with zero attached hydrogens (tertiary/aromatic N) is 2. The van der Waals surface area contributed by atoms with Crippen LogP contribution in [0.2, 0.25) is 0 Å². The summed E-state index contributed by atoms with van der Waals surface area (Å²) in [5.74, 6) is 1.51. The Morgan fingerprint density at radius 1 is 1.14 bits per heavy atom. The first-order valence-corrected chi connectivity index (χ1v) is 7.87. The van der Waals surface area contributed by atoms with Crippen molar-refractivity contribution >= 4 is 21.7 Å². The highest BCUT2D eigenvalue weighted by atomic mass is 79.9. The van der Waals surface area contributed by atoms with Crippen LogP contribution >= 0.6 is 15.9 Å². The van der Waals surface area contributed by atoms with Crippen molar-refractivity contribution in [2.24, 2.45) is 0 Å². The molecule has 0 saturated carbocycles. The van der Waals surface area contributed by atoms with Crippen LogP contribution in [0.5, 0.6) is 0 Å². The molecule has 1 aromatic heterocycles. The lowest BCUT2D eigenvalue weighted by Gasteiger charge is -2.12. The number of methoxy groups -OCH3 is 1. The molecule has 0 unspecified atom stereocenters. The molecule has 0 amide bonds. The maximum atomic E-state index is 5.22. The summed E-state index contributed by atoms with van der Waals surface area (Å²) < 4.78 is 6.08. The number of aryl methyl sites for hydroxylation is 1. The van der Waals surface area contributed by atoms with Crippen molar-refractivity contribution in [1.29, 1.82) is 0 Å². The molecule has 0 aliphatic carbocycles. The molecule has 0 aliphatic rings. The number of anilines is 1. The van der Waals surface area contributed by atoms with Gasteiger partial charge in [0.1, 0.15) is 5.82 Å². The Morgan fingerprint density at radius 2 is 1.86 bits per heavy atom. The summed E-state index contributed by atoms with van der Waals surface area (Å²) in [6.07, 6.45) is 1.03. The fourth-order valence-corrected chi connectivity index (χ4v) is 2.46. The average molecular weight is 350 g/mol. The highest BCUT2D eigenvalue weighted by molar-refractivity contribution is 9.10. The maximum Gasteiger partial charge on any atom is 0.161 e. The van der Waals surface area contributed by atoms with Crippen molar-refractivity contribution in [3.05, 3.63) is 40.0 Å². The molecule has 1 aromatic carbocycles. The minimum Gasteiger partial charge on any atom is -0.378 e. The molecule has 2 aromatic rings. The van der Waals surface area contributed by atoms with Crippen molar-refractivity contribution in [1.82, 2.24) is 9.97 Å². The van der Waals surface area contributed by atoms with Gasteiger partial charge in [0, 0.05) is 19.2 Å². The van der Waals surface area contributed by atoms with Crippen molar-refractivity contribution in [2.45, 2.75) is 26.9 Å². The quantitative estimate of drug-likeness (QED) is 0.854. The first kappa shape index (κ1) is 15.9. The third-order valence-corrected chi connectivity index (χ3v) is 4.00. The minimum absolute atomic E-state index is 0.446. The minimum atomic E-state index is 0.446. The Hall–Kier alpha value is -1.46. The number of benzene rings is 1. The molecule has 2 rings (SSSR count). The van der Waals surface area contributed by atoms with Gasteiger partial charge >= 0.3 is 0 Å². The number of halogens is 1. The Balaban J connectivity index is 2.45. The van der Waals surface area contributed by atoms with Crippen LogP contribution in [0.15, 0.2) is 28.7 Å². The van der Waals surface area contributed by atoms with Gasteiger partial charge < -0.3 is 10.1 Å². The molecule has 0 radical (unpaired) electrons. The molecule has 0 atom stereocenters. The molecule has 21 heavy (non-hydrogen) atoms. The van der Waals surface area contributed by atoms with E-state index in [1.807, 2.05) is 6.92 Å². The summed E-state index contributed by atoms with van der Waals surface area (Å²) >= 11 is 3.55. The first-order valence-electron chi connectivity index (χ1n) is 7.08. The lowest BCUT2D eigenvalue weighted by molar-refractivity contribution is 0.181.